The lowest BCUT2D eigenvalue weighted by Gasteiger charge is -2.04. The third-order valence-corrected chi connectivity index (χ3v) is 3.80. The molecule has 0 fully saturated rings. The molecule has 2 nitrogen and oxygen atoms in total. The van der Waals surface area contributed by atoms with E-state index in [9.17, 15) is 4.57 Å². The summed E-state index contributed by atoms with van der Waals surface area (Å²) >= 11 is 0. The Morgan fingerprint density at radius 2 is 1.94 bits per heavy atom. The Morgan fingerprint density at radius 1 is 1.25 bits per heavy atom. The van der Waals surface area contributed by atoms with Gasteiger partial charge in [0.1, 0.15) is 0 Å². The Morgan fingerprint density at radius 3 is 2.56 bits per heavy atom. The van der Waals surface area contributed by atoms with Crippen molar-refractivity contribution in [3.63, 3.8) is 0 Å². The molecule has 0 radical (unpaired) electrons. The highest BCUT2D eigenvalue weighted by atomic mass is 31.1. The first kappa shape index (κ1) is 13.5. The Balaban J connectivity index is 2.20. The van der Waals surface area contributed by atoms with Crippen molar-refractivity contribution in [2.24, 2.45) is 0 Å². The second-order valence-corrected chi connectivity index (χ2v) is 5.59. The van der Waals surface area contributed by atoms with E-state index >= 15 is 0 Å². The van der Waals surface area contributed by atoms with Gasteiger partial charge in [0.05, 0.1) is 6.61 Å². The lowest BCUT2D eigenvalue weighted by atomic mass is 10.1. The van der Waals surface area contributed by atoms with Crippen LogP contribution < -0.4 is 0 Å². The van der Waals surface area contributed by atoms with Crippen LogP contribution in [0.25, 0.3) is 0 Å². The van der Waals surface area contributed by atoms with Gasteiger partial charge < -0.3 is 4.52 Å². The van der Waals surface area contributed by atoms with Gasteiger partial charge in [-0.05, 0) is 25.3 Å². The van der Waals surface area contributed by atoms with E-state index in [1.165, 1.54) is 11.1 Å². The van der Waals surface area contributed by atoms with Crippen LogP contribution in [0.2, 0.25) is 0 Å². The highest BCUT2D eigenvalue weighted by Crippen LogP contribution is 2.23. The minimum absolute atomic E-state index is 0.574. The predicted molar refractivity (Wildman–Crippen MR) is 69.6 cm³/mol. The van der Waals surface area contributed by atoms with E-state index in [1.54, 1.807) is 0 Å². The summed E-state index contributed by atoms with van der Waals surface area (Å²) in [7, 11) is -1.78. The molecular weight excluding hydrogens is 219 g/mol. The molecule has 90 valence electrons. The van der Waals surface area contributed by atoms with Gasteiger partial charge >= 0.3 is 0 Å². The van der Waals surface area contributed by atoms with Crippen LogP contribution in [-0.2, 0) is 15.5 Å². The lowest BCUT2D eigenvalue weighted by Crippen LogP contribution is -1.94. The molecule has 1 atom stereocenters. The van der Waals surface area contributed by atoms with E-state index in [0.717, 1.165) is 25.4 Å². The Bertz CT molecular complexity index is 319. The molecule has 0 aromatic heterocycles. The van der Waals surface area contributed by atoms with E-state index in [1.807, 2.05) is 0 Å². The molecule has 1 rings (SSSR count). The Hall–Kier alpha value is -0.590. The van der Waals surface area contributed by atoms with Gasteiger partial charge in [0, 0.05) is 6.16 Å². The first-order chi connectivity index (χ1) is 7.72. The highest BCUT2D eigenvalue weighted by molar-refractivity contribution is 7.39. The number of unbranched alkanes of at least 4 members (excludes halogenated alkanes) is 1. The van der Waals surface area contributed by atoms with Crippen molar-refractivity contribution in [1.29, 1.82) is 0 Å². The fourth-order valence-corrected chi connectivity index (χ4v) is 2.55. The molecule has 0 amide bonds. The summed E-state index contributed by atoms with van der Waals surface area (Å²) in [6.45, 7) is 4.75. The van der Waals surface area contributed by atoms with Crippen molar-refractivity contribution in [3.8, 4) is 0 Å². The predicted octanol–water partition coefficient (Wildman–Crippen LogP) is 3.83. The number of aryl methyl sites for hydroxylation is 1. The molecule has 1 aromatic carbocycles. The average Bonchev–Trinajstić information content (AvgIpc) is 2.29. The zero-order chi connectivity index (χ0) is 11.8. The van der Waals surface area contributed by atoms with Gasteiger partial charge in [-0.15, -0.1) is 0 Å². The van der Waals surface area contributed by atoms with Crippen LogP contribution in [0.4, 0.5) is 0 Å². The molecule has 0 heterocycles. The quantitative estimate of drug-likeness (QED) is 0.677. The standard InChI is InChI=1S/C13H21O2P/c1-3-4-11-16(14)15-10-9-13-7-5-12(2)6-8-13/h5-8,16H,3-4,9-11H2,1-2H3. The van der Waals surface area contributed by atoms with Crippen molar-refractivity contribution in [3.05, 3.63) is 35.4 Å². The minimum Gasteiger partial charge on any atom is -0.330 e. The molecule has 0 bridgehead atoms. The highest BCUT2D eigenvalue weighted by Gasteiger charge is 1.99. The van der Waals surface area contributed by atoms with Gasteiger partial charge in [-0.1, -0.05) is 43.2 Å². The second-order valence-electron chi connectivity index (χ2n) is 4.06. The number of benzene rings is 1. The third kappa shape index (κ3) is 5.48. The van der Waals surface area contributed by atoms with Crippen LogP contribution in [0.5, 0.6) is 0 Å². The second kappa shape index (κ2) is 7.65. The molecule has 0 N–H and O–H groups in total. The maximum absolute atomic E-state index is 11.4. The van der Waals surface area contributed by atoms with Crippen LogP contribution in [0.15, 0.2) is 24.3 Å². The largest absolute Gasteiger partial charge is 0.330 e. The Labute approximate surface area is 98.9 Å². The normalized spacial score (nSPS) is 12.6. The molecule has 0 aliphatic heterocycles. The first-order valence-corrected chi connectivity index (χ1v) is 7.46. The molecule has 16 heavy (non-hydrogen) atoms. The van der Waals surface area contributed by atoms with E-state index in [2.05, 4.69) is 38.1 Å². The topological polar surface area (TPSA) is 26.3 Å². The molecule has 0 aliphatic rings. The van der Waals surface area contributed by atoms with Gasteiger partial charge in [-0.2, -0.15) is 0 Å². The van der Waals surface area contributed by atoms with Crippen molar-refractivity contribution in [1.82, 2.24) is 0 Å². The van der Waals surface area contributed by atoms with Gasteiger partial charge in [-0.25, -0.2) is 0 Å². The zero-order valence-electron chi connectivity index (χ0n) is 10.2. The van der Waals surface area contributed by atoms with Gasteiger partial charge in [0.15, 0.2) is 8.03 Å². The average molecular weight is 240 g/mol. The summed E-state index contributed by atoms with van der Waals surface area (Å²) in [5, 5.41) is 0. The fourth-order valence-electron chi connectivity index (χ4n) is 1.43. The van der Waals surface area contributed by atoms with Crippen LogP contribution >= 0.6 is 8.03 Å². The minimum atomic E-state index is -1.78. The summed E-state index contributed by atoms with van der Waals surface area (Å²) in [6.07, 6.45) is 3.66. The van der Waals surface area contributed by atoms with Crippen LogP contribution in [0.3, 0.4) is 0 Å². The molecule has 0 aliphatic carbocycles. The zero-order valence-corrected chi connectivity index (χ0v) is 11.2. The Kier molecular flexibility index (Phi) is 6.44. The smallest absolute Gasteiger partial charge is 0.191 e. The first-order valence-electron chi connectivity index (χ1n) is 5.93. The molecule has 0 spiro atoms. The molecule has 0 saturated carbocycles. The van der Waals surface area contributed by atoms with E-state index in [0.29, 0.717) is 6.61 Å². The van der Waals surface area contributed by atoms with Gasteiger partial charge in [-0.3, -0.25) is 4.57 Å². The number of hydrogen-bond donors (Lipinski definition) is 0. The summed E-state index contributed by atoms with van der Waals surface area (Å²) in [5.74, 6) is 0. The third-order valence-electron chi connectivity index (χ3n) is 2.51. The maximum atomic E-state index is 11.4. The molecule has 3 heteroatoms. The van der Waals surface area contributed by atoms with Crippen LogP contribution in [0.1, 0.15) is 30.9 Å². The maximum Gasteiger partial charge on any atom is 0.191 e. The van der Waals surface area contributed by atoms with Crippen LogP contribution in [0, 0.1) is 6.92 Å². The SMILES string of the molecule is CCCC[PH](=O)OCCc1ccc(C)cc1. The van der Waals surface area contributed by atoms with Crippen molar-refractivity contribution in [2.75, 3.05) is 12.8 Å². The summed E-state index contributed by atoms with van der Waals surface area (Å²) in [5.41, 5.74) is 2.51. The fraction of sp³-hybridized carbons (Fsp3) is 0.538. The summed E-state index contributed by atoms with van der Waals surface area (Å²) < 4.78 is 16.7. The van der Waals surface area contributed by atoms with E-state index < -0.39 is 8.03 Å². The number of rotatable bonds is 7. The van der Waals surface area contributed by atoms with Gasteiger partial charge in [0.2, 0.25) is 0 Å². The van der Waals surface area contributed by atoms with Crippen molar-refractivity contribution < 1.29 is 9.09 Å². The number of hydrogen-bond acceptors (Lipinski definition) is 2. The van der Waals surface area contributed by atoms with Crippen molar-refractivity contribution >= 4 is 8.03 Å². The molecular formula is C13H21O2P. The van der Waals surface area contributed by atoms with E-state index in [-0.39, 0.29) is 0 Å². The van der Waals surface area contributed by atoms with E-state index in [4.69, 9.17) is 4.52 Å². The van der Waals surface area contributed by atoms with Crippen LogP contribution in [-0.4, -0.2) is 12.8 Å². The monoisotopic (exact) mass is 240 g/mol. The van der Waals surface area contributed by atoms with Gasteiger partial charge in [0.25, 0.3) is 0 Å². The molecule has 1 unspecified atom stereocenters. The lowest BCUT2D eigenvalue weighted by molar-refractivity contribution is 0.332. The molecule has 1 aromatic rings. The molecule has 0 saturated heterocycles. The summed E-state index contributed by atoms with van der Waals surface area (Å²) in [6, 6.07) is 8.38. The summed E-state index contributed by atoms with van der Waals surface area (Å²) in [4.78, 5) is 0. The van der Waals surface area contributed by atoms with Crippen molar-refractivity contribution in [2.45, 2.75) is 33.1 Å².